The quantitative estimate of drug-likeness (QED) is 0.678. The molecule has 0 heterocycles. The predicted molar refractivity (Wildman–Crippen MR) is 86.6 cm³/mol. The third-order valence-electron chi connectivity index (χ3n) is 2.93. The summed E-state index contributed by atoms with van der Waals surface area (Å²) in [6.07, 6.45) is 3.65. The molecule has 0 radical (unpaired) electrons. The van der Waals surface area contributed by atoms with Crippen LogP contribution in [0.3, 0.4) is 0 Å². The molecule has 0 aromatic heterocycles. The standard InChI is InChI=1S/C17H29NO3/c1-4-9-19-14-12-16(20-10-5-2)15(7-8-18)17(13-14)21-11-6-3/h12-13H,4-11,18H2,1-3H3. The largest absolute Gasteiger partial charge is 0.493 e. The minimum atomic E-state index is 0.570. The van der Waals surface area contributed by atoms with Gasteiger partial charge in [-0.2, -0.15) is 0 Å². The first-order valence-electron chi connectivity index (χ1n) is 8.02. The number of ether oxygens (including phenoxy) is 3. The van der Waals surface area contributed by atoms with E-state index in [1.165, 1.54) is 0 Å². The number of benzene rings is 1. The SMILES string of the molecule is CCCOc1cc(OCCC)c(CCN)c(OCCC)c1. The molecule has 0 saturated heterocycles. The maximum absolute atomic E-state index is 5.86. The van der Waals surface area contributed by atoms with Crippen LogP contribution < -0.4 is 19.9 Å². The molecule has 0 aliphatic rings. The molecule has 0 unspecified atom stereocenters. The highest BCUT2D eigenvalue weighted by Gasteiger charge is 2.14. The van der Waals surface area contributed by atoms with Gasteiger partial charge in [-0.25, -0.2) is 0 Å². The molecule has 0 saturated carbocycles. The molecule has 0 spiro atoms. The average molecular weight is 295 g/mol. The molecule has 0 amide bonds. The predicted octanol–water partition coefficient (Wildman–Crippen LogP) is 3.55. The van der Waals surface area contributed by atoms with Crippen molar-refractivity contribution in [2.24, 2.45) is 5.73 Å². The van der Waals surface area contributed by atoms with Crippen molar-refractivity contribution < 1.29 is 14.2 Å². The van der Waals surface area contributed by atoms with Crippen LogP contribution in [-0.4, -0.2) is 26.4 Å². The van der Waals surface area contributed by atoms with Crippen molar-refractivity contribution in [2.75, 3.05) is 26.4 Å². The Morgan fingerprint density at radius 1 is 0.810 bits per heavy atom. The lowest BCUT2D eigenvalue weighted by molar-refractivity contribution is 0.282. The molecule has 4 heteroatoms. The average Bonchev–Trinajstić information content (AvgIpc) is 2.50. The van der Waals surface area contributed by atoms with E-state index in [4.69, 9.17) is 19.9 Å². The summed E-state index contributed by atoms with van der Waals surface area (Å²) in [5.74, 6) is 2.47. The lowest BCUT2D eigenvalue weighted by Crippen LogP contribution is -2.09. The molecule has 21 heavy (non-hydrogen) atoms. The van der Waals surface area contributed by atoms with Crippen molar-refractivity contribution in [2.45, 2.75) is 46.5 Å². The fraction of sp³-hybridized carbons (Fsp3) is 0.647. The Hall–Kier alpha value is -1.42. The number of hydrogen-bond acceptors (Lipinski definition) is 4. The summed E-state index contributed by atoms with van der Waals surface area (Å²) in [7, 11) is 0. The summed E-state index contributed by atoms with van der Waals surface area (Å²) in [5, 5.41) is 0. The molecule has 0 bridgehead atoms. The van der Waals surface area contributed by atoms with Crippen LogP contribution in [0.2, 0.25) is 0 Å². The highest BCUT2D eigenvalue weighted by atomic mass is 16.5. The number of nitrogens with two attached hydrogens (primary N) is 1. The Morgan fingerprint density at radius 2 is 1.29 bits per heavy atom. The lowest BCUT2D eigenvalue weighted by atomic mass is 10.1. The van der Waals surface area contributed by atoms with Crippen LogP contribution in [0.5, 0.6) is 17.2 Å². The molecule has 2 N–H and O–H groups in total. The molecule has 0 aliphatic heterocycles. The van der Waals surface area contributed by atoms with Crippen LogP contribution in [0.15, 0.2) is 12.1 Å². The first kappa shape index (κ1) is 17.6. The highest BCUT2D eigenvalue weighted by Crippen LogP contribution is 2.35. The highest BCUT2D eigenvalue weighted by molar-refractivity contribution is 5.51. The maximum atomic E-state index is 5.86. The molecule has 0 aliphatic carbocycles. The van der Waals surface area contributed by atoms with E-state index in [2.05, 4.69) is 20.8 Å². The third kappa shape index (κ3) is 5.84. The minimum Gasteiger partial charge on any atom is -0.493 e. The first-order chi connectivity index (χ1) is 10.3. The minimum absolute atomic E-state index is 0.570. The van der Waals surface area contributed by atoms with Gasteiger partial charge in [0.05, 0.1) is 19.8 Å². The fourth-order valence-corrected chi connectivity index (χ4v) is 1.97. The molecular weight excluding hydrogens is 266 g/mol. The Labute approximate surface area is 128 Å². The van der Waals surface area contributed by atoms with Crippen molar-refractivity contribution in [3.05, 3.63) is 17.7 Å². The first-order valence-corrected chi connectivity index (χ1v) is 8.02. The van der Waals surface area contributed by atoms with Gasteiger partial charge in [-0.1, -0.05) is 20.8 Å². The van der Waals surface area contributed by atoms with Gasteiger partial charge in [-0.15, -0.1) is 0 Å². The smallest absolute Gasteiger partial charge is 0.129 e. The van der Waals surface area contributed by atoms with E-state index >= 15 is 0 Å². The molecule has 1 aromatic carbocycles. The van der Waals surface area contributed by atoms with Gasteiger partial charge in [0.2, 0.25) is 0 Å². The fourth-order valence-electron chi connectivity index (χ4n) is 1.97. The second kappa shape index (κ2) is 10.3. The van der Waals surface area contributed by atoms with Crippen LogP contribution in [0.1, 0.15) is 45.6 Å². The van der Waals surface area contributed by atoms with Gasteiger partial charge in [0.25, 0.3) is 0 Å². The molecule has 1 aromatic rings. The summed E-state index contributed by atoms with van der Waals surface area (Å²) in [6, 6.07) is 3.91. The summed E-state index contributed by atoms with van der Waals surface area (Å²) in [4.78, 5) is 0. The van der Waals surface area contributed by atoms with Crippen molar-refractivity contribution in [3.8, 4) is 17.2 Å². The third-order valence-corrected chi connectivity index (χ3v) is 2.93. The molecule has 4 nitrogen and oxygen atoms in total. The lowest BCUT2D eigenvalue weighted by Gasteiger charge is -2.18. The molecular formula is C17H29NO3. The maximum Gasteiger partial charge on any atom is 0.129 e. The number of hydrogen-bond donors (Lipinski definition) is 1. The van der Waals surface area contributed by atoms with E-state index in [0.29, 0.717) is 26.4 Å². The summed E-state index contributed by atoms with van der Waals surface area (Å²) >= 11 is 0. The zero-order valence-electron chi connectivity index (χ0n) is 13.6. The van der Waals surface area contributed by atoms with Crippen molar-refractivity contribution in [1.82, 2.24) is 0 Å². The number of rotatable bonds is 11. The summed E-state index contributed by atoms with van der Waals surface area (Å²) in [5.41, 5.74) is 6.78. The van der Waals surface area contributed by atoms with Crippen molar-refractivity contribution >= 4 is 0 Å². The van der Waals surface area contributed by atoms with Crippen LogP contribution in [-0.2, 0) is 6.42 Å². The molecule has 0 fully saturated rings. The van der Waals surface area contributed by atoms with E-state index in [1.807, 2.05) is 12.1 Å². The van der Waals surface area contributed by atoms with Gasteiger partial charge >= 0.3 is 0 Å². The molecule has 0 atom stereocenters. The van der Waals surface area contributed by atoms with Gasteiger partial charge in [0, 0.05) is 17.7 Å². The summed E-state index contributed by atoms with van der Waals surface area (Å²) < 4.78 is 17.5. The summed E-state index contributed by atoms with van der Waals surface area (Å²) in [6.45, 7) is 8.90. The normalized spacial score (nSPS) is 10.5. The van der Waals surface area contributed by atoms with E-state index in [9.17, 15) is 0 Å². The van der Waals surface area contributed by atoms with E-state index in [0.717, 1.165) is 48.5 Å². The van der Waals surface area contributed by atoms with E-state index < -0.39 is 0 Å². The van der Waals surface area contributed by atoms with Gasteiger partial charge in [-0.05, 0) is 32.2 Å². The second-order valence-corrected chi connectivity index (χ2v) is 4.98. The zero-order valence-corrected chi connectivity index (χ0v) is 13.6. The molecule has 120 valence electrons. The zero-order chi connectivity index (χ0) is 15.5. The van der Waals surface area contributed by atoms with E-state index in [-0.39, 0.29) is 0 Å². The van der Waals surface area contributed by atoms with Crippen LogP contribution >= 0.6 is 0 Å². The monoisotopic (exact) mass is 295 g/mol. The van der Waals surface area contributed by atoms with Crippen molar-refractivity contribution in [3.63, 3.8) is 0 Å². The van der Waals surface area contributed by atoms with Crippen LogP contribution in [0, 0.1) is 0 Å². The van der Waals surface area contributed by atoms with E-state index in [1.54, 1.807) is 0 Å². The molecule has 1 rings (SSSR count). The Bertz CT molecular complexity index is 378. The van der Waals surface area contributed by atoms with Crippen molar-refractivity contribution in [1.29, 1.82) is 0 Å². The topological polar surface area (TPSA) is 53.7 Å². The van der Waals surface area contributed by atoms with Crippen LogP contribution in [0.25, 0.3) is 0 Å². The van der Waals surface area contributed by atoms with Crippen LogP contribution in [0.4, 0.5) is 0 Å². The van der Waals surface area contributed by atoms with Gasteiger partial charge < -0.3 is 19.9 Å². The van der Waals surface area contributed by atoms with Gasteiger partial charge in [-0.3, -0.25) is 0 Å². The van der Waals surface area contributed by atoms with Gasteiger partial charge in [0.1, 0.15) is 17.2 Å². The second-order valence-electron chi connectivity index (χ2n) is 4.98. The Balaban J connectivity index is 3.07. The Morgan fingerprint density at radius 3 is 1.71 bits per heavy atom. The Kier molecular flexibility index (Phi) is 8.67. The van der Waals surface area contributed by atoms with Gasteiger partial charge in [0.15, 0.2) is 0 Å².